The summed E-state index contributed by atoms with van der Waals surface area (Å²) in [5, 5.41) is 34.9. The Morgan fingerprint density at radius 3 is 1.41 bits per heavy atom. The number of thioether (sulfide) groups is 1. The highest BCUT2D eigenvalue weighted by Gasteiger charge is 2.22. The van der Waals surface area contributed by atoms with Gasteiger partial charge < -0.3 is 35.0 Å². The lowest BCUT2D eigenvalue weighted by Gasteiger charge is -2.22. The zero-order valence-corrected chi connectivity index (χ0v) is 41.4. The summed E-state index contributed by atoms with van der Waals surface area (Å²) >= 11 is 3.49. The third-order valence-corrected chi connectivity index (χ3v) is 14.4. The van der Waals surface area contributed by atoms with Crippen molar-refractivity contribution < 1.29 is 40.5 Å². The molecule has 4 aromatic carbocycles. The van der Waals surface area contributed by atoms with Crippen LogP contribution in [0, 0.1) is 0 Å². The fourth-order valence-electron chi connectivity index (χ4n) is 6.75. The van der Waals surface area contributed by atoms with E-state index in [-0.39, 0.29) is 62.2 Å². The van der Waals surface area contributed by atoms with Crippen LogP contribution in [0.3, 0.4) is 0 Å². The van der Waals surface area contributed by atoms with E-state index in [1.807, 2.05) is 52.0 Å². The molecule has 358 valence electrons. The number of hydrogen-bond donors (Lipinski definition) is 5. The zero-order chi connectivity index (χ0) is 48.8. The number of thiazole rings is 2. The van der Waals surface area contributed by atoms with E-state index in [1.165, 1.54) is 50.2 Å². The van der Waals surface area contributed by atoms with Crippen LogP contribution >= 0.6 is 34.4 Å². The van der Waals surface area contributed by atoms with Crippen LogP contribution in [0.4, 0.5) is 56.3 Å². The summed E-state index contributed by atoms with van der Waals surface area (Å²) in [7, 11) is -6.60. The smallest absolute Gasteiger partial charge is 0.298 e. The summed E-state index contributed by atoms with van der Waals surface area (Å²) in [6.45, 7) is 10.9. The molecule has 5 N–H and O–H groups in total. The maximum Gasteiger partial charge on any atom is 0.298 e. The largest absolute Gasteiger partial charge is 0.495 e. The SMILES string of the molecule is CCN(CC)c1ccc(/N=N/c2nc3cc(S(=O)(=O)O)c(OC)cc3s2)c(Nc2nc(Nc3cc(N(CC)CC)ccc3/N=N/c3nc4cc(S(=O)(=O)O)c(OC)cc4s3)nc(SCCO)n2)c1. The quantitative estimate of drug-likeness (QED) is 0.0254. The summed E-state index contributed by atoms with van der Waals surface area (Å²) in [6, 6.07) is 16.5. The molecular weight excluding hydrogens is 979 g/mol. The van der Waals surface area contributed by atoms with Crippen molar-refractivity contribution in [3.63, 3.8) is 0 Å². The second kappa shape index (κ2) is 21.4. The van der Waals surface area contributed by atoms with Crippen molar-refractivity contribution in [1.82, 2.24) is 24.9 Å². The van der Waals surface area contributed by atoms with Crippen molar-refractivity contribution in [1.29, 1.82) is 0 Å². The fourth-order valence-corrected chi connectivity index (χ4v) is 10.2. The first-order valence-electron chi connectivity index (χ1n) is 20.6. The summed E-state index contributed by atoms with van der Waals surface area (Å²) in [4.78, 5) is 26.4. The van der Waals surface area contributed by atoms with Gasteiger partial charge in [-0.05, 0) is 76.2 Å². The number of aromatic nitrogens is 5. The molecule has 7 rings (SSSR count). The molecule has 22 nitrogen and oxygen atoms in total. The first-order valence-corrected chi connectivity index (χ1v) is 26.1. The van der Waals surface area contributed by atoms with Crippen molar-refractivity contribution >= 4 is 131 Å². The van der Waals surface area contributed by atoms with Gasteiger partial charge in [-0.1, -0.05) is 34.4 Å². The molecule has 0 aliphatic carbocycles. The van der Waals surface area contributed by atoms with E-state index >= 15 is 0 Å². The number of aliphatic hydroxyl groups excluding tert-OH is 1. The van der Waals surface area contributed by atoms with Crippen molar-refractivity contribution in [3.8, 4) is 11.5 Å². The van der Waals surface area contributed by atoms with Crippen molar-refractivity contribution in [2.75, 3.05) is 73.2 Å². The monoisotopic (exact) mass is 1020 g/mol. The number of rotatable bonds is 21. The first-order chi connectivity index (χ1) is 32.6. The molecule has 0 aliphatic rings. The Balaban J connectivity index is 1.26. The molecule has 0 aliphatic heterocycles. The van der Waals surface area contributed by atoms with Crippen LogP contribution in [-0.4, -0.2) is 109 Å². The Bertz CT molecular complexity index is 3040. The number of anilines is 6. The Morgan fingerprint density at radius 2 is 1.04 bits per heavy atom. The Labute approximate surface area is 403 Å². The second-order valence-electron chi connectivity index (χ2n) is 14.1. The van der Waals surface area contributed by atoms with Gasteiger partial charge >= 0.3 is 0 Å². The second-order valence-corrected chi connectivity index (χ2v) is 20.0. The van der Waals surface area contributed by atoms with Crippen LogP contribution in [-0.2, 0) is 20.2 Å². The summed E-state index contributed by atoms with van der Waals surface area (Å²) in [5.74, 6) is 0.447. The molecule has 0 fully saturated rings. The van der Waals surface area contributed by atoms with E-state index < -0.39 is 30.0 Å². The van der Waals surface area contributed by atoms with Gasteiger partial charge in [0.05, 0.1) is 52.6 Å². The van der Waals surface area contributed by atoms with Gasteiger partial charge in [0, 0.05) is 55.4 Å². The zero-order valence-electron chi connectivity index (χ0n) is 37.3. The van der Waals surface area contributed by atoms with Gasteiger partial charge in [0.1, 0.15) is 32.7 Å². The number of nitrogens with one attached hydrogen (secondary N) is 2. The average molecular weight is 1020 g/mol. The number of azo groups is 2. The molecule has 68 heavy (non-hydrogen) atoms. The van der Waals surface area contributed by atoms with Crippen molar-refractivity contribution in [3.05, 3.63) is 60.7 Å². The number of ether oxygens (including phenoxy) is 2. The van der Waals surface area contributed by atoms with Crippen LogP contribution in [0.2, 0.25) is 0 Å². The Morgan fingerprint density at radius 1 is 0.618 bits per heavy atom. The highest BCUT2D eigenvalue weighted by Crippen LogP contribution is 2.40. The van der Waals surface area contributed by atoms with Crippen molar-refractivity contribution in [2.45, 2.75) is 42.6 Å². The van der Waals surface area contributed by atoms with Gasteiger partial charge in [-0.3, -0.25) is 9.11 Å². The lowest BCUT2D eigenvalue weighted by molar-refractivity contribution is 0.322. The summed E-state index contributed by atoms with van der Waals surface area (Å²) in [6.07, 6.45) is 0. The highest BCUT2D eigenvalue weighted by molar-refractivity contribution is 7.99. The number of hydrogen-bond acceptors (Lipinski definition) is 23. The normalized spacial score (nSPS) is 12.1. The van der Waals surface area contributed by atoms with Gasteiger partial charge in [0.15, 0.2) is 5.16 Å². The molecule has 0 atom stereocenters. The predicted octanol–water partition coefficient (Wildman–Crippen LogP) is 9.70. The van der Waals surface area contributed by atoms with Gasteiger partial charge in [-0.15, -0.1) is 20.5 Å². The number of fused-ring (bicyclic) bond motifs is 2. The first kappa shape index (κ1) is 49.7. The maximum absolute atomic E-state index is 12.0. The van der Waals surface area contributed by atoms with Gasteiger partial charge in [-0.25, -0.2) is 9.97 Å². The molecule has 0 saturated carbocycles. The molecule has 3 heterocycles. The molecule has 0 bridgehead atoms. The highest BCUT2D eigenvalue weighted by atomic mass is 32.2. The lowest BCUT2D eigenvalue weighted by Crippen LogP contribution is -2.21. The van der Waals surface area contributed by atoms with E-state index in [4.69, 9.17) is 14.5 Å². The third-order valence-electron chi connectivity index (χ3n) is 10.0. The summed E-state index contributed by atoms with van der Waals surface area (Å²) in [5.41, 5.74) is 4.00. The van der Waals surface area contributed by atoms with E-state index in [0.29, 0.717) is 58.3 Å². The summed E-state index contributed by atoms with van der Waals surface area (Å²) < 4.78 is 79.1. The predicted molar refractivity (Wildman–Crippen MR) is 265 cm³/mol. The molecule has 7 aromatic rings. The fraction of sp³-hybridized carbons (Fsp3) is 0.293. The number of nitrogens with zero attached hydrogens (tertiary/aromatic N) is 11. The van der Waals surface area contributed by atoms with E-state index in [2.05, 4.69) is 60.8 Å². The molecule has 0 saturated heterocycles. The molecule has 27 heteroatoms. The lowest BCUT2D eigenvalue weighted by atomic mass is 10.2. The van der Waals surface area contributed by atoms with E-state index in [0.717, 1.165) is 34.0 Å². The molecule has 0 unspecified atom stereocenters. The third kappa shape index (κ3) is 11.5. The molecule has 0 spiro atoms. The molecule has 0 amide bonds. The number of aliphatic hydroxyl groups is 1. The van der Waals surface area contributed by atoms with Crippen LogP contribution in [0.25, 0.3) is 20.4 Å². The minimum atomic E-state index is -4.60. The number of benzene rings is 4. The van der Waals surface area contributed by atoms with E-state index in [9.17, 15) is 31.0 Å². The van der Waals surface area contributed by atoms with Crippen LogP contribution in [0.1, 0.15) is 27.7 Å². The van der Waals surface area contributed by atoms with Crippen LogP contribution in [0.5, 0.6) is 11.5 Å². The molecule has 3 aromatic heterocycles. The van der Waals surface area contributed by atoms with Gasteiger partial charge in [0.2, 0.25) is 22.2 Å². The van der Waals surface area contributed by atoms with Crippen molar-refractivity contribution in [2.24, 2.45) is 20.5 Å². The minimum absolute atomic E-state index is 0.0437. The topological polar surface area (TPSA) is 292 Å². The average Bonchev–Trinajstić information content (AvgIpc) is 3.92. The van der Waals surface area contributed by atoms with Crippen LogP contribution < -0.4 is 29.9 Å². The molecule has 0 radical (unpaired) electrons. The number of methoxy groups -OCH3 is 2. The Hall–Kier alpha value is -6.20. The van der Waals surface area contributed by atoms with Gasteiger partial charge in [-0.2, -0.15) is 31.8 Å². The minimum Gasteiger partial charge on any atom is -0.495 e. The standard InChI is InChI=1S/C41H45N13O9S5/c1-7-53(8-2)23-11-13-25(49-51-40-44-29-19-35(67(56,57)58)31(62-5)21-33(29)65-40)27(17-23)42-37-46-38(48-39(47-37)64-16-15-55)43-28-18-24(54(9-3)10-4)12-14-26(28)50-52-41-45-30-20-36(68(59,60)61)32(63-6)22-34(30)66-41/h11-14,17-22,55H,7-10,15-16H2,1-6H3,(H,56,57,58)(H,59,60,61)(H2,42,43,46,47,48)/b51-49+,52-50+. The maximum atomic E-state index is 12.0. The van der Waals surface area contributed by atoms with E-state index in [1.54, 1.807) is 12.1 Å². The Kier molecular flexibility index (Phi) is 15.6. The molecular formula is C41H45N13O9S5. The van der Waals surface area contributed by atoms with Crippen LogP contribution in [0.15, 0.2) is 96.1 Å². The van der Waals surface area contributed by atoms with Gasteiger partial charge in [0.25, 0.3) is 20.2 Å².